The molecule has 2 aromatic rings. The van der Waals surface area contributed by atoms with E-state index in [0.717, 1.165) is 6.07 Å². The van der Waals surface area contributed by atoms with Gasteiger partial charge in [-0.15, -0.1) is 11.6 Å². The standard InChI is InChI=1S/C14H9ClF4O/c1-20-7-2-3-8(10(16)4-7)14(15)9-5-12(18)13(19)6-11(9)17/h2-6,14H,1H3. The Labute approximate surface area is 117 Å². The van der Waals surface area contributed by atoms with Gasteiger partial charge in [0.05, 0.1) is 12.5 Å². The summed E-state index contributed by atoms with van der Waals surface area (Å²) < 4.78 is 58.3. The Morgan fingerprint density at radius 1 is 0.850 bits per heavy atom. The lowest BCUT2D eigenvalue weighted by molar-refractivity contribution is 0.410. The van der Waals surface area contributed by atoms with Crippen LogP contribution >= 0.6 is 11.6 Å². The molecular weight excluding hydrogens is 296 g/mol. The van der Waals surface area contributed by atoms with Crippen LogP contribution in [0.15, 0.2) is 30.3 Å². The highest BCUT2D eigenvalue weighted by Gasteiger charge is 2.21. The first kappa shape index (κ1) is 14.7. The molecule has 0 aliphatic heterocycles. The second kappa shape index (κ2) is 5.71. The largest absolute Gasteiger partial charge is 0.497 e. The van der Waals surface area contributed by atoms with E-state index in [1.54, 1.807) is 0 Å². The fourth-order valence-electron chi connectivity index (χ4n) is 1.74. The predicted molar refractivity (Wildman–Crippen MR) is 67.0 cm³/mol. The first-order valence-electron chi connectivity index (χ1n) is 5.56. The molecule has 0 bridgehead atoms. The molecule has 1 nitrogen and oxygen atoms in total. The second-order valence-electron chi connectivity index (χ2n) is 4.04. The average Bonchev–Trinajstić information content (AvgIpc) is 2.42. The normalized spacial score (nSPS) is 12.3. The van der Waals surface area contributed by atoms with E-state index in [2.05, 4.69) is 0 Å². The van der Waals surface area contributed by atoms with Crippen molar-refractivity contribution in [3.8, 4) is 5.75 Å². The number of rotatable bonds is 3. The topological polar surface area (TPSA) is 9.23 Å². The van der Waals surface area contributed by atoms with Crippen molar-refractivity contribution in [1.29, 1.82) is 0 Å². The molecule has 0 saturated carbocycles. The summed E-state index contributed by atoms with van der Waals surface area (Å²) in [5, 5.41) is -1.28. The first-order valence-corrected chi connectivity index (χ1v) is 5.99. The van der Waals surface area contributed by atoms with Crippen molar-refractivity contribution in [1.82, 2.24) is 0 Å². The molecule has 0 aliphatic rings. The van der Waals surface area contributed by atoms with Crippen molar-refractivity contribution < 1.29 is 22.3 Å². The molecule has 0 fully saturated rings. The summed E-state index contributed by atoms with van der Waals surface area (Å²) in [5.74, 6) is -4.08. The second-order valence-corrected chi connectivity index (χ2v) is 4.47. The predicted octanol–water partition coefficient (Wildman–Crippen LogP) is 4.58. The van der Waals surface area contributed by atoms with Gasteiger partial charge in [-0.3, -0.25) is 0 Å². The van der Waals surface area contributed by atoms with Crippen molar-refractivity contribution in [3.05, 3.63) is 64.7 Å². The first-order chi connectivity index (χ1) is 9.43. The van der Waals surface area contributed by atoms with Crippen LogP contribution in [0.25, 0.3) is 0 Å². The number of ether oxygens (including phenoxy) is 1. The SMILES string of the molecule is COc1ccc(C(Cl)c2cc(F)c(F)cc2F)c(F)c1. The summed E-state index contributed by atoms with van der Waals surface area (Å²) in [6, 6.07) is 4.80. The zero-order valence-electron chi connectivity index (χ0n) is 10.3. The molecule has 2 aromatic carbocycles. The van der Waals surface area contributed by atoms with Gasteiger partial charge in [-0.25, -0.2) is 17.6 Å². The Balaban J connectivity index is 2.46. The molecule has 0 heterocycles. The highest BCUT2D eigenvalue weighted by molar-refractivity contribution is 6.22. The van der Waals surface area contributed by atoms with Crippen LogP contribution in [0.4, 0.5) is 17.6 Å². The molecule has 2 rings (SSSR count). The molecule has 0 radical (unpaired) electrons. The zero-order chi connectivity index (χ0) is 14.9. The summed E-state index contributed by atoms with van der Waals surface area (Å²) in [5.41, 5.74) is -0.396. The fraction of sp³-hybridized carbons (Fsp3) is 0.143. The smallest absolute Gasteiger partial charge is 0.161 e. The summed E-state index contributed by atoms with van der Waals surface area (Å²) in [6.07, 6.45) is 0. The van der Waals surface area contributed by atoms with Gasteiger partial charge in [0, 0.05) is 23.3 Å². The minimum Gasteiger partial charge on any atom is -0.497 e. The molecule has 0 amide bonds. The highest BCUT2D eigenvalue weighted by Crippen LogP contribution is 2.34. The summed E-state index contributed by atoms with van der Waals surface area (Å²) in [6.45, 7) is 0. The van der Waals surface area contributed by atoms with Gasteiger partial charge in [-0.05, 0) is 12.1 Å². The Morgan fingerprint density at radius 2 is 1.45 bits per heavy atom. The number of hydrogen-bond donors (Lipinski definition) is 0. The van der Waals surface area contributed by atoms with E-state index in [9.17, 15) is 17.6 Å². The Hall–Kier alpha value is -1.75. The van der Waals surface area contributed by atoms with Gasteiger partial charge in [0.2, 0.25) is 0 Å². The summed E-state index contributed by atoms with van der Waals surface area (Å²) in [7, 11) is 1.36. The Morgan fingerprint density at radius 3 is 2.05 bits per heavy atom. The number of hydrogen-bond acceptors (Lipinski definition) is 1. The summed E-state index contributed by atoms with van der Waals surface area (Å²) in [4.78, 5) is 0. The van der Waals surface area contributed by atoms with Gasteiger partial charge >= 0.3 is 0 Å². The van der Waals surface area contributed by atoms with E-state index >= 15 is 0 Å². The van der Waals surface area contributed by atoms with Crippen molar-refractivity contribution in [2.24, 2.45) is 0 Å². The number of benzene rings is 2. The van der Waals surface area contributed by atoms with Crippen LogP contribution in [0.2, 0.25) is 0 Å². The van der Waals surface area contributed by atoms with Crippen LogP contribution in [-0.4, -0.2) is 7.11 Å². The minimum atomic E-state index is -1.33. The Kier molecular flexibility index (Phi) is 4.18. The molecule has 0 aromatic heterocycles. The molecule has 0 N–H and O–H groups in total. The number of methoxy groups -OCH3 is 1. The van der Waals surface area contributed by atoms with Gasteiger partial charge in [-0.1, -0.05) is 6.07 Å². The Bertz CT molecular complexity index is 645. The third-order valence-corrected chi connectivity index (χ3v) is 3.26. The lowest BCUT2D eigenvalue weighted by Crippen LogP contribution is -2.02. The monoisotopic (exact) mass is 304 g/mol. The lowest BCUT2D eigenvalue weighted by Gasteiger charge is -2.13. The molecule has 0 saturated heterocycles. The van der Waals surface area contributed by atoms with E-state index in [4.69, 9.17) is 16.3 Å². The molecule has 6 heteroatoms. The zero-order valence-corrected chi connectivity index (χ0v) is 11.0. The van der Waals surface area contributed by atoms with Crippen LogP contribution in [0, 0.1) is 23.3 Å². The molecule has 0 spiro atoms. The van der Waals surface area contributed by atoms with Crippen LogP contribution in [0.1, 0.15) is 16.5 Å². The average molecular weight is 305 g/mol. The molecular formula is C14H9ClF4O. The van der Waals surface area contributed by atoms with E-state index in [-0.39, 0.29) is 16.9 Å². The molecule has 1 atom stereocenters. The van der Waals surface area contributed by atoms with Crippen molar-refractivity contribution in [2.45, 2.75) is 5.38 Å². The lowest BCUT2D eigenvalue weighted by atomic mass is 10.0. The third-order valence-electron chi connectivity index (χ3n) is 2.79. The van der Waals surface area contributed by atoms with Crippen LogP contribution in [-0.2, 0) is 0 Å². The van der Waals surface area contributed by atoms with E-state index < -0.39 is 28.6 Å². The quantitative estimate of drug-likeness (QED) is 0.458. The van der Waals surface area contributed by atoms with Crippen LogP contribution < -0.4 is 4.74 Å². The maximum Gasteiger partial charge on any atom is 0.161 e. The number of halogens is 5. The maximum absolute atomic E-state index is 13.8. The third kappa shape index (κ3) is 2.72. The van der Waals surface area contributed by atoms with E-state index in [1.165, 1.54) is 19.2 Å². The van der Waals surface area contributed by atoms with Crippen molar-refractivity contribution in [3.63, 3.8) is 0 Å². The van der Waals surface area contributed by atoms with E-state index in [1.807, 2.05) is 0 Å². The summed E-state index contributed by atoms with van der Waals surface area (Å²) >= 11 is 5.95. The minimum absolute atomic E-state index is 0.0580. The molecule has 106 valence electrons. The van der Waals surface area contributed by atoms with Crippen molar-refractivity contribution >= 4 is 11.6 Å². The van der Waals surface area contributed by atoms with Gasteiger partial charge in [0.1, 0.15) is 17.4 Å². The van der Waals surface area contributed by atoms with Gasteiger partial charge in [0.15, 0.2) is 11.6 Å². The van der Waals surface area contributed by atoms with Gasteiger partial charge in [-0.2, -0.15) is 0 Å². The fourth-order valence-corrected chi connectivity index (χ4v) is 2.08. The molecule has 1 unspecified atom stereocenters. The van der Waals surface area contributed by atoms with Crippen LogP contribution in [0.5, 0.6) is 5.75 Å². The van der Waals surface area contributed by atoms with Crippen molar-refractivity contribution in [2.75, 3.05) is 7.11 Å². The maximum atomic E-state index is 13.8. The molecule has 20 heavy (non-hydrogen) atoms. The van der Waals surface area contributed by atoms with Gasteiger partial charge < -0.3 is 4.74 Å². The van der Waals surface area contributed by atoms with Gasteiger partial charge in [0.25, 0.3) is 0 Å². The number of alkyl halides is 1. The highest BCUT2D eigenvalue weighted by atomic mass is 35.5. The molecule has 0 aliphatic carbocycles. The van der Waals surface area contributed by atoms with E-state index in [0.29, 0.717) is 12.1 Å². The van der Waals surface area contributed by atoms with Crippen LogP contribution in [0.3, 0.4) is 0 Å².